The lowest BCUT2D eigenvalue weighted by atomic mass is 9.86. The van der Waals surface area contributed by atoms with Gasteiger partial charge in [-0.2, -0.15) is 0 Å². The van der Waals surface area contributed by atoms with E-state index in [4.69, 9.17) is 20.6 Å². The van der Waals surface area contributed by atoms with Crippen molar-refractivity contribution in [2.45, 2.75) is 26.8 Å². The van der Waals surface area contributed by atoms with E-state index in [1.807, 2.05) is 0 Å². The first-order valence-electron chi connectivity index (χ1n) is 4.67. The lowest BCUT2D eigenvalue weighted by Crippen LogP contribution is -2.30. The Balaban J connectivity index is 5.12. The molecule has 5 N–H and O–H groups in total. The maximum absolute atomic E-state index is 10.9. The number of allylic oxidation sites excluding steroid dienone is 1. The number of hydrogen-bond acceptors (Lipinski definition) is 3. The van der Waals surface area contributed by atoms with Crippen LogP contribution in [0.4, 0.5) is 0 Å². The van der Waals surface area contributed by atoms with Crippen LogP contribution in [0.2, 0.25) is 0 Å². The highest BCUT2D eigenvalue weighted by Gasteiger charge is 2.26. The Morgan fingerprint density at radius 1 is 1.44 bits per heavy atom. The smallest absolute Gasteiger partial charge is 0.329 e. The van der Waals surface area contributed by atoms with Crippen LogP contribution < -0.4 is 5.73 Å². The second-order valence-corrected chi connectivity index (χ2v) is 6.27. The summed E-state index contributed by atoms with van der Waals surface area (Å²) in [5.74, 6) is -1.23. The number of nitrogens with two attached hydrogens (primary N) is 1. The highest BCUT2D eigenvalue weighted by molar-refractivity contribution is 7.52. The van der Waals surface area contributed by atoms with Gasteiger partial charge < -0.3 is 20.6 Å². The van der Waals surface area contributed by atoms with Crippen LogP contribution >= 0.6 is 7.60 Å². The summed E-state index contributed by atoms with van der Waals surface area (Å²) in [7, 11) is -4.22. The first-order valence-corrected chi connectivity index (χ1v) is 6.47. The molecule has 94 valence electrons. The van der Waals surface area contributed by atoms with Gasteiger partial charge in [-0.05, 0) is 5.41 Å². The monoisotopic (exact) mass is 251 g/mol. The standard InChI is InChI=1S/C9H18NO5P/c1-9(2,3)6(5-16(13,14)15)4-7(10)8(11)12/h4,7H,5,10H2,1-3H3,(H,11,12)(H2,13,14,15)/b6-4-. The second-order valence-electron chi connectivity index (χ2n) is 4.63. The molecule has 0 amide bonds. The topological polar surface area (TPSA) is 121 Å². The van der Waals surface area contributed by atoms with Gasteiger partial charge in [0.1, 0.15) is 6.04 Å². The molecule has 0 rings (SSSR count). The van der Waals surface area contributed by atoms with Gasteiger partial charge in [0.05, 0.1) is 6.16 Å². The van der Waals surface area contributed by atoms with E-state index >= 15 is 0 Å². The predicted octanol–water partition coefficient (Wildman–Crippen LogP) is 0.548. The molecule has 7 heteroatoms. The molecule has 1 unspecified atom stereocenters. The van der Waals surface area contributed by atoms with Crippen LogP contribution in [0.15, 0.2) is 11.6 Å². The minimum atomic E-state index is -4.22. The third-order valence-corrected chi connectivity index (χ3v) is 2.76. The molecule has 0 aliphatic carbocycles. The summed E-state index contributed by atoms with van der Waals surface area (Å²) in [5, 5.41) is 8.63. The second kappa shape index (κ2) is 5.10. The molecule has 1 atom stereocenters. The third kappa shape index (κ3) is 6.02. The first-order chi connectivity index (χ1) is 6.93. The van der Waals surface area contributed by atoms with Crippen LogP contribution in [-0.2, 0) is 9.36 Å². The molecule has 0 heterocycles. The average molecular weight is 251 g/mol. The Kier molecular flexibility index (Phi) is 4.88. The quantitative estimate of drug-likeness (QED) is 0.427. The van der Waals surface area contributed by atoms with Gasteiger partial charge in [0, 0.05) is 0 Å². The van der Waals surface area contributed by atoms with Gasteiger partial charge in [-0.15, -0.1) is 0 Å². The molecule has 16 heavy (non-hydrogen) atoms. The predicted molar refractivity (Wildman–Crippen MR) is 60.1 cm³/mol. The van der Waals surface area contributed by atoms with E-state index in [9.17, 15) is 9.36 Å². The van der Waals surface area contributed by atoms with Gasteiger partial charge in [0.15, 0.2) is 0 Å². The zero-order valence-electron chi connectivity index (χ0n) is 9.54. The van der Waals surface area contributed by atoms with Crippen LogP contribution in [0, 0.1) is 5.41 Å². The van der Waals surface area contributed by atoms with Crippen molar-refractivity contribution in [2.75, 3.05) is 6.16 Å². The molecule has 0 saturated heterocycles. The van der Waals surface area contributed by atoms with E-state index in [2.05, 4.69) is 0 Å². The molecule has 0 aromatic heterocycles. The fourth-order valence-electron chi connectivity index (χ4n) is 1.05. The molecule has 0 aliphatic heterocycles. The SMILES string of the molecule is CC(C)(C)/C(=C\C(N)C(=O)O)CP(=O)(O)O. The maximum Gasteiger partial charge on any atom is 0.329 e. The summed E-state index contributed by atoms with van der Waals surface area (Å²) < 4.78 is 10.9. The van der Waals surface area contributed by atoms with Crippen LogP contribution in [0.1, 0.15) is 20.8 Å². The Labute approximate surface area is 94.3 Å². The normalized spacial score (nSPS) is 16.0. The summed E-state index contributed by atoms with van der Waals surface area (Å²) in [6, 6.07) is -1.25. The molecule has 6 nitrogen and oxygen atoms in total. The molecular weight excluding hydrogens is 233 g/mol. The average Bonchev–Trinajstić information content (AvgIpc) is 1.98. The number of hydrogen-bond donors (Lipinski definition) is 4. The molecule has 0 aromatic carbocycles. The Morgan fingerprint density at radius 3 is 2.12 bits per heavy atom. The van der Waals surface area contributed by atoms with E-state index < -0.39 is 31.2 Å². The van der Waals surface area contributed by atoms with Gasteiger partial charge in [-0.1, -0.05) is 32.4 Å². The molecule has 0 fully saturated rings. The maximum atomic E-state index is 10.9. The molecule has 0 bridgehead atoms. The largest absolute Gasteiger partial charge is 0.480 e. The summed E-state index contributed by atoms with van der Waals surface area (Å²) in [4.78, 5) is 28.3. The molecule has 0 saturated carbocycles. The highest BCUT2D eigenvalue weighted by atomic mass is 31.2. The van der Waals surface area contributed by atoms with Crippen molar-refractivity contribution < 1.29 is 24.3 Å². The van der Waals surface area contributed by atoms with Gasteiger partial charge in [0.2, 0.25) is 0 Å². The fraction of sp³-hybridized carbons (Fsp3) is 0.667. The lowest BCUT2D eigenvalue weighted by Gasteiger charge is -2.24. The van der Waals surface area contributed by atoms with E-state index in [1.54, 1.807) is 20.8 Å². The minimum absolute atomic E-state index is 0.343. The van der Waals surface area contributed by atoms with Crippen molar-refractivity contribution in [2.24, 2.45) is 11.1 Å². The van der Waals surface area contributed by atoms with Crippen molar-refractivity contribution in [1.82, 2.24) is 0 Å². The molecular formula is C9H18NO5P. The Morgan fingerprint density at radius 2 is 1.88 bits per heavy atom. The van der Waals surface area contributed by atoms with Crippen LogP contribution in [-0.4, -0.2) is 33.1 Å². The van der Waals surface area contributed by atoms with Gasteiger partial charge in [-0.3, -0.25) is 9.36 Å². The van der Waals surface area contributed by atoms with Crippen molar-refractivity contribution in [1.29, 1.82) is 0 Å². The summed E-state index contributed by atoms with van der Waals surface area (Å²) >= 11 is 0. The zero-order chi connectivity index (χ0) is 13.1. The van der Waals surface area contributed by atoms with E-state index in [0.717, 1.165) is 0 Å². The van der Waals surface area contributed by atoms with Gasteiger partial charge >= 0.3 is 13.6 Å². The van der Waals surface area contributed by atoms with E-state index in [-0.39, 0.29) is 0 Å². The summed E-state index contributed by atoms with van der Waals surface area (Å²) in [6.07, 6.45) is 0.721. The highest BCUT2D eigenvalue weighted by Crippen LogP contribution is 2.41. The fourth-order valence-corrected chi connectivity index (χ4v) is 2.07. The molecule has 0 aromatic rings. The first kappa shape index (κ1) is 15.3. The summed E-state index contributed by atoms with van der Waals surface area (Å²) in [6.45, 7) is 5.22. The number of carbonyl (C=O) groups is 1. The Hall–Kier alpha value is -0.680. The number of rotatable bonds is 4. The Bertz CT molecular complexity index is 338. The van der Waals surface area contributed by atoms with Crippen LogP contribution in [0.25, 0.3) is 0 Å². The number of carboxylic acid groups (broad SMARTS) is 1. The van der Waals surface area contributed by atoms with Crippen molar-refractivity contribution in [3.05, 3.63) is 11.6 Å². The third-order valence-electron chi connectivity index (χ3n) is 2.01. The van der Waals surface area contributed by atoms with Crippen molar-refractivity contribution in [3.63, 3.8) is 0 Å². The zero-order valence-corrected chi connectivity index (χ0v) is 10.4. The lowest BCUT2D eigenvalue weighted by molar-refractivity contribution is -0.137. The van der Waals surface area contributed by atoms with E-state index in [1.165, 1.54) is 6.08 Å². The van der Waals surface area contributed by atoms with Gasteiger partial charge in [0.25, 0.3) is 0 Å². The molecule has 0 radical (unpaired) electrons. The number of carboxylic acids is 1. The van der Waals surface area contributed by atoms with Crippen molar-refractivity contribution >= 4 is 13.6 Å². The van der Waals surface area contributed by atoms with Crippen LogP contribution in [0.3, 0.4) is 0 Å². The van der Waals surface area contributed by atoms with E-state index in [0.29, 0.717) is 5.57 Å². The van der Waals surface area contributed by atoms with Gasteiger partial charge in [-0.25, -0.2) is 0 Å². The minimum Gasteiger partial charge on any atom is -0.480 e. The molecule has 0 spiro atoms. The van der Waals surface area contributed by atoms with Crippen molar-refractivity contribution in [3.8, 4) is 0 Å². The molecule has 0 aliphatic rings. The summed E-state index contributed by atoms with van der Waals surface area (Å²) in [5.41, 5.74) is 5.11. The van der Waals surface area contributed by atoms with Crippen LogP contribution in [0.5, 0.6) is 0 Å². The number of aliphatic carboxylic acids is 1.